The predicted molar refractivity (Wildman–Crippen MR) is 71.7 cm³/mol. The molecule has 1 unspecified atom stereocenters. The van der Waals surface area contributed by atoms with Crippen molar-refractivity contribution in [1.29, 1.82) is 5.41 Å². The van der Waals surface area contributed by atoms with Crippen LogP contribution >= 0.6 is 0 Å². The van der Waals surface area contributed by atoms with Gasteiger partial charge in [0, 0.05) is 0 Å². The van der Waals surface area contributed by atoms with Crippen molar-refractivity contribution >= 4 is 11.9 Å². The molecule has 1 aromatic rings. The predicted octanol–water partition coefficient (Wildman–Crippen LogP) is 1.26. The molecule has 0 saturated heterocycles. The second kappa shape index (κ2) is 5.60. The summed E-state index contributed by atoms with van der Waals surface area (Å²) in [5.74, 6) is -0.771. The molecule has 0 radical (unpaired) electrons. The van der Waals surface area contributed by atoms with E-state index in [0.717, 1.165) is 0 Å². The van der Waals surface area contributed by atoms with E-state index < -0.39 is 17.6 Å². The smallest absolute Gasteiger partial charge is 0.333 e. The molecule has 0 aliphatic rings. The summed E-state index contributed by atoms with van der Waals surface area (Å²) in [6.45, 7) is 5.27. The van der Waals surface area contributed by atoms with E-state index in [-0.39, 0.29) is 11.7 Å². The van der Waals surface area contributed by atoms with Gasteiger partial charge in [-0.05, 0) is 38.5 Å². The quantitative estimate of drug-likeness (QED) is 0.374. The van der Waals surface area contributed by atoms with Crippen molar-refractivity contribution in [3.8, 4) is 5.75 Å². The SMILES string of the molecule is CC(C)(C)OC(=O)C(NC(=N)N)c1ccc(O)cc1. The van der Waals surface area contributed by atoms with Crippen molar-refractivity contribution in [3.63, 3.8) is 0 Å². The zero-order valence-corrected chi connectivity index (χ0v) is 11.2. The Balaban J connectivity index is 2.97. The molecule has 104 valence electrons. The number of nitrogens with one attached hydrogen (secondary N) is 2. The number of ether oxygens (including phenoxy) is 1. The first kappa shape index (κ1) is 14.8. The monoisotopic (exact) mass is 265 g/mol. The minimum atomic E-state index is -0.877. The fourth-order valence-electron chi connectivity index (χ4n) is 1.46. The highest BCUT2D eigenvalue weighted by Crippen LogP contribution is 2.20. The third kappa shape index (κ3) is 4.87. The van der Waals surface area contributed by atoms with E-state index in [4.69, 9.17) is 15.9 Å². The zero-order valence-electron chi connectivity index (χ0n) is 11.2. The molecule has 0 fully saturated rings. The van der Waals surface area contributed by atoms with Crippen molar-refractivity contribution in [2.24, 2.45) is 5.73 Å². The molecule has 19 heavy (non-hydrogen) atoms. The van der Waals surface area contributed by atoms with Crippen LogP contribution in [0.5, 0.6) is 5.75 Å². The Morgan fingerprint density at radius 2 is 1.89 bits per heavy atom. The van der Waals surface area contributed by atoms with Gasteiger partial charge in [0.2, 0.25) is 0 Å². The molecular formula is C13H19N3O3. The van der Waals surface area contributed by atoms with Gasteiger partial charge >= 0.3 is 5.97 Å². The minimum absolute atomic E-state index is 0.0921. The summed E-state index contributed by atoms with van der Waals surface area (Å²) in [5, 5.41) is 19.0. The maximum atomic E-state index is 12.1. The van der Waals surface area contributed by atoms with Gasteiger partial charge in [0.25, 0.3) is 0 Å². The van der Waals surface area contributed by atoms with Gasteiger partial charge in [-0.25, -0.2) is 4.79 Å². The molecule has 5 N–H and O–H groups in total. The molecule has 0 aliphatic carbocycles. The molecule has 1 aromatic carbocycles. The lowest BCUT2D eigenvalue weighted by Gasteiger charge is -2.24. The molecule has 0 saturated carbocycles. The molecule has 0 aliphatic heterocycles. The lowest BCUT2D eigenvalue weighted by molar-refractivity contribution is -0.157. The lowest BCUT2D eigenvalue weighted by atomic mass is 10.1. The largest absolute Gasteiger partial charge is 0.508 e. The van der Waals surface area contributed by atoms with E-state index in [1.54, 1.807) is 32.9 Å². The Morgan fingerprint density at radius 1 is 1.37 bits per heavy atom. The number of guanidine groups is 1. The van der Waals surface area contributed by atoms with E-state index in [2.05, 4.69) is 5.32 Å². The summed E-state index contributed by atoms with van der Waals surface area (Å²) in [7, 11) is 0. The number of hydrogen-bond acceptors (Lipinski definition) is 4. The van der Waals surface area contributed by atoms with Crippen LogP contribution in [0, 0.1) is 5.41 Å². The Kier molecular flexibility index (Phi) is 4.37. The number of rotatable bonds is 3. The van der Waals surface area contributed by atoms with Crippen molar-refractivity contribution in [2.45, 2.75) is 32.4 Å². The fourth-order valence-corrected chi connectivity index (χ4v) is 1.46. The molecule has 0 aromatic heterocycles. The van der Waals surface area contributed by atoms with E-state index in [0.29, 0.717) is 5.56 Å². The number of esters is 1. The molecule has 1 atom stereocenters. The average Bonchev–Trinajstić information content (AvgIpc) is 2.24. The Labute approximate surface area is 112 Å². The number of hydrogen-bond donors (Lipinski definition) is 4. The standard InChI is InChI=1S/C13H19N3O3/c1-13(2,3)19-11(18)10(16-12(14)15)8-4-6-9(17)7-5-8/h4-7,10,17H,1-3H3,(H4,14,15,16). The van der Waals surface area contributed by atoms with E-state index in [9.17, 15) is 9.90 Å². The van der Waals surface area contributed by atoms with Crippen LogP contribution in [0.25, 0.3) is 0 Å². The van der Waals surface area contributed by atoms with Crippen LogP contribution in [0.4, 0.5) is 0 Å². The fraction of sp³-hybridized carbons (Fsp3) is 0.385. The molecule has 0 bridgehead atoms. The number of phenolic OH excluding ortho intramolecular Hbond substituents is 1. The second-order valence-electron chi connectivity index (χ2n) is 5.12. The molecular weight excluding hydrogens is 246 g/mol. The van der Waals surface area contributed by atoms with Crippen molar-refractivity contribution < 1.29 is 14.6 Å². The van der Waals surface area contributed by atoms with E-state index in [1.807, 2.05) is 0 Å². The highest BCUT2D eigenvalue weighted by atomic mass is 16.6. The van der Waals surface area contributed by atoms with Crippen LogP contribution in [-0.4, -0.2) is 22.6 Å². The Bertz CT molecular complexity index is 463. The minimum Gasteiger partial charge on any atom is -0.508 e. The Hall–Kier alpha value is -2.24. The summed E-state index contributed by atoms with van der Waals surface area (Å²) in [6, 6.07) is 5.17. The molecule has 1 rings (SSSR count). The lowest BCUT2D eigenvalue weighted by Crippen LogP contribution is -2.40. The molecule has 6 nitrogen and oxygen atoms in total. The summed E-state index contributed by atoms with van der Waals surface area (Å²) in [4.78, 5) is 12.1. The van der Waals surface area contributed by atoms with Gasteiger partial charge in [-0.2, -0.15) is 0 Å². The average molecular weight is 265 g/mol. The number of phenols is 1. The third-order valence-corrected chi connectivity index (χ3v) is 2.17. The first-order valence-electron chi connectivity index (χ1n) is 5.81. The molecule has 0 heterocycles. The van der Waals surface area contributed by atoms with Gasteiger partial charge in [0.05, 0.1) is 0 Å². The van der Waals surface area contributed by atoms with Crippen molar-refractivity contribution in [2.75, 3.05) is 0 Å². The summed E-state index contributed by atoms with van der Waals surface area (Å²) in [6.07, 6.45) is 0. The Morgan fingerprint density at radius 3 is 2.32 bits per heavy atom. The molecule has 0 amide bonds. The summed E-state index contributed by atoms with van der Waals surface area (Å²) in [5.41, 5.74) is 5.20. The first-order chi connectivity index (χ1) is 8.69. The summed E-state index contributed by atoms with van der Waals surface area (Å²) >= 11 is 0. The molecule has 0 spiro atoms. The topological polar surface area (TPSA) is 108 Å². The number of aromatic hydroxyl groups is 1. The van der Waals surface area contributed by atoms with Crippen LogP contribution < -0.4 is 11.1 Å². The van der Waals surface area contributed by atoms with E-state index >= 15 is 0 Å². The zero-order chi connectivity index (χ0) is 14.6. The van der Waals surface area contributed by atoms with Gasteiger partial charge in [0.1, 0.15) is 11.4 Å². The van der Waals surface area contributed by atoms with E-state index in [1.165, 1.54) is 12.1 Å². The van der Waals surface area contributed by atoms with Crippen LogP contribution in [0.1, 0.15) is 32.4 Å². The van der Waals surface area contributed by atoms with Gasteiger partial charge in [-0.1, -0.05) is 12.1 Å². The van der Waals surface area contributed by atoms with Crippen LogP contribution in [0.3, 0.4) is 0 Å². The van der Waals surface area contributed by atoms with Crippen molar-refractivity contribution in [1.82, 2.24) is 5.32 Å². The summed E-state index contributed by atoms with van der Waals surface area (Å²) < 4.78 is 5.27. The number of carbonyl (C=O) groups is 1. The van der Waals surface area contributed by atoms with Gasteiger partial charge < -0.3 is 20.9 Å². The van der Waals surface area contributed by atoms with Gasteiger partial charge in [-0.3, -0.25) is 5.41 Å². The van der Waals surface area contributed by atoms with Gasteiger partial charge in [-0.15, -0.1) is 0 Å². The normalized spacial score (nSPS) is 12.6. The first-order valence-corrected chi connectivity index (χ1v) is 5.81. The third-order valence-electron chi connectivity index (χ3n) is 2.17. The number of carbonyl (C=O) groups excluding carboxylic acids is 1. The highest BCUT2D eigenvalue weighted by Gasteiger charge is 2.26. The highest BCUT2D eigenvalue weighted by molar-refractivity contribution is 5.85. The number of nitrogens with two attached hydrogens (primary N) is 1. The maximum absolute atomic E-state index is 12.1. The van der Waals surface area contributed by atoms with Crippen LogP contribution in [0.2, 0.25) is 0 Å². The molecule has 6 heteroatoms. The number of benzene rings is 1. The van der Waals surface area contributed by atoms with Crippen LogP contribution in [0.15, 0.2) is 24.3 Å². The van der Waals surface area contributed by atoms with Gasteiger partial charge in [0.15, 0.2) is 12.0 Å². The van der Waals surface area contributed by atoms with Crippen LogP contribution in [-0.2, 0) is 9.53 Å². The second-order valence-corrected chi connectivity index (χ2v) is 5.12. The maximum Gasteiger partial charge on any atom is 0.333 e. The van der Waals surface area contributed by atoms with Crippen molar-refractivity contribution in [3.05, 3.63) is 29.8 Å².